The maximum absolute atomic E-state index is 5.64. The van der Waals surface area contributed by atoms with Gasteiger partial charge in [0.1, 0.15) is 12.4 Å². The maximum atomic E-state index is 5.64. The van der Waals surface area contributed by atoms with Gasteiger partial charge in [0.15, 0.2) is 11.2 Å². The van der Waals surface area contributed by atoms with Crippen LogP contribution in [0.1, 0.15) is 6.92 Å². The van der Waals surface area contributed by atoms with Crippen molar-refractivity contribution in [1.29, 1.82) is 0 Å². The van der Waals surface area contributed by atoms with Crippen molar-refractivity contribution in [2.75, 3.05) is 25.0 Å². The predicted molar refractivity (Wildman–Crippen MR) is 87.3 cm³/mol. The molecule has 108 valence electrons. The normalized spacial score (nSPS) is 17.1. The number of nitrogens with one attached hydrogen (secondary N) is 3. The molecule has 0 spiro atoms. The van der Waals surface area contributed by atoms with E-state index in [1.165, 1.54) is 0 Å². The Bertz CT molecular complexity index is 479. The SMILES string of the molecule is CCNC(=S)Nc1ccc(OCC2CNC(=S)O2)cc1. The molecule has 1 aromatic rings. The van der Waals surface area contributed by atoms with E-state index in [0.29, 0.717) is 23.4 Å². The molecule has 1 aromatic carbocycles. The molecule has 0 aliphatic carbocycles. The smallest absolute Gasteiger partial charge is 0.257 e. The number of hydrogen-bond donors (Lipinski definition) is 3. The monoisotopic (exact) mass is 311 g/mol. The molecule has 0 aromatic heterocycles. The Morgan fingerprint density at radius 1 is 1.45 bits per heavy atom. The Morgan fingerprint density at radius 2 is 2.20 bits per heavy atom. The second kappa shape index (κ2) is 7.25. The quantitative estimate of drug-likeness (QED) is 0.715. The molecule has 0 saturated carbocycles. The zero-order valence-corrected chi connectivity index (χ0v) is 12.8. The van der Waals surface area contributed by atoms with Crippen LogP contribution in [0.2, 0.25) is 0 Å². The second-order valence-corrected chi connectivity index (χ2v) is 5.01. The number of thiocarbonyl (C=S) groups is 2. The van der Waals surface area contributed by atoms with Crippen LogP contribution in [0.5, 0.6) is 5.75 Å². The van der Waals surface area contributed by atoms with Crippen LogP contribution < -0.4 is 20.7 Å². The maximum Gasteiger partial charge on any atom is 0.257 e. The molecule has 1 heterocycles. The minimum Gasteiger partial charge on any atom is -0.490 e. The first-order valence-electron chi connectivity index (χ1n) is 6.39. The molecule has 1 atom stereocenters. The lowest BCUT2D eigenvalue weighted by Crippen LogP contribution is -2.27. The molecule has 1 fully saturated rings. The van der Waals surface area contributed by atoms with Crippen molar-refractivity contribution in [1.82, 2.24) is 10.6 Å². The van der Waals surface area contributed by atoms with Gasteiger partial charge in [-0.05, 0) is 55.6 Å². The van der Waals surface area contributed by atoms with Crippen LogP contribution in [-0.2, 0) is 4.74 Å². The first-order chi connectivity index (χ1) is 9.67. The summed E-state index contributed by atoms with van der Waals surface area (Å²) in [4.78, 5) is 0. The molecule has 1 aliphatic heterocycles. The first kappa shape index (κ1) is 14.8. The van der Waals surface area contributed by atoms with Gasteiger partial charge >= 0.3 is 0 Å². The van der Waals surface area contributed by atoms with Gasteiger partial charge in [0, 0.05) is 12.2 Å². The van der Waals surface area contributed by atoms with Crippen molar-refractivity contribution in [2.24, 2.45) is 0 Å². The molecule has 5 nitrogen and oxygen atoms in total. The van der Waals surface area contributed by atoms with Gasteiger partial charge in [0.2, 0.25) is 0 Å². The van der Waals surface area contributed by atoms with Crippen molar-refractivity contribution >= 4 is 40.4 Å². The first-order valence-corrected chi connectivity index (χ1v) is 7.21. The summed E-state index contributed by atoms with van der Waals surface area (Å²) in [5, 5.41) is 10.1. The van der Waals surface area contributed by atoms with Crippen molar-refractivity contribution in [2.45, 2.75) is 13.0 Å². The van der Waals surface area contributed by atoms with Gasteiger partial charge in [-0.25, -0.2) is 0 Å². The Labute approximate surface area is 129 Å². The van der Waals surface area contributed by atoms with E-state index in [2.05, 4.69) is 16.0 Å². The van der Waals surface area contributed by atoms with Crippen LogP contribution >= 0.6 is 24.4 Å². The molecule has 1 unspecified atom stereocenters. The van der Waals surface area contributed by atoms with E-state index in [0.717, 1.165) is 18.0 Å². The predicted octanol–water partition coefficient (Wildman–Crippen LogP) is 1.65. The summed E-state index contributed by atoms with van der Waals surface area (Å²) in [6, 6.07) is 7.60. The van der Waals surface area contributed by atoms with Crippen molar-refractivity contribution in [3.8, 4) is 5.75 Å². The van der Waals surface area contributed by atoms with E-state index < -0.39 is 0 Å². The second-order valence-electron chi connectivity index (χ2n) is 4.23. The highest BCUT2D eigenvalue weighted by atomic mass is 32.1. The van der Waals surface area contributed by atoms with E-state index in [1.807, 2.05) is 31.2 Å². The summed E-state index contributed by atoms with van der Waals surface area (Å²) in [6.07, 6.45) is -0.0263. The van der Waals surface area contributed by atoms with Crippen LogP contribution in [0, 0.1) is 0 Å². The molecule has 20 heavy (non-hydrogen) atoms. The molecular formula is C13H17N3O2S2. The topological polar surface area (TPSA) is 54.5 Å². The zero-order valence-electron chi connectivity index (χ0n) is 11.1. The van der Waals surface area contributed by atoms with Gasteiger partial charge in [-0.1, -0.05) is 0 Å². The minimum atomic E-state index is -0.0263. The fourth-order valence-corrected chi connectivity index (χ4v) is 2.17. The fourth-order valence-electron chi connectivity index (χ4n) is 1.68. The summed E-state index contributed by atoms with van der Waals surface area (Å²) in [5.41, 5.74) is 0.920. The molecule has 0 bridgehead atoms. The number of rotatable bonds is 5. The van der Waals surface area contributed by atoms with Gasteiger partial charge in [0.25, 0.3) is 5.17 Å². The van der Waals surface area contributed by atoms with Gasteiger partial charge in [-0.2, -0.15) is 0 Å². The number of ether oxygens (including phenoxy) is 2. The van der Waals surface area contributed by atoms with Crippen LogP contribution in [-0.4, -0.2) is 36.1 Å². The zero-order chi connectivity index (χ0) is 14.4. The summed E-state index contributed by atoms with van der Waals surface area (Å²) in [6.45, 7) is 3.95. The van der Waals surface area contributed by atoms with Crippen molar-refractivity contribution < 1.29 is 9.47 Å². The van der Waals surface area contributed by atoms with E-state index in [1.54, 1.807) is 0 Å². The average Bonchev–Trinajstić information content (AvgIpc) is 2.84. The summed E-state index contributed by atoms with van der Waals surface area (Å²) < 4.78 is 11.0. The van der Waals surface area contributed by atoms with Crippen molar-refractivity contribution in [3.63, 3.8) is 0 Å². The largest absolute Gasteiger partial charge is 0.490 e. The van der Waals surface area contributed by atoms with E-state index in [4.69, 9.17) is 33.9 Å². The summed E-state index contributed by atoms with van der Waals surface area (Å²) in [7, 11) is 0. The Balaban J connectivity index is 1.79. The number of hydrogen-bond acceptors (Lipinski definition) is 4. The molecular weight excluding hydrogens is 294 g/mol. The third-order valence-corrected chi connectivity index (χ3v) is 3.12. The molecule has 0 amide bonds. The summed E-state index contributed by atoms with van der Waals surface area (Å²) in [5.74, 6) is 0.784. The molecule has 1 saturated heterocycles. The number of anilines is 1. The lowest BCUT2D eigenvalue weighted by molar-refractivity contribution is 0.150. The van der Waals surface area contributed by atoms with E-state index in [9.17, 15) is 0 Å². The Kier molecular flexibility index (Phi) is 5.37. The minimum absolute atomic E-state index is 0.0263. The van der Waals surface area contributed by atoms with E-state index in [-0.39, 0.29) is 6.10 Å². The molecule has 0 radical (unpaired) electrons. The van der Waals surface area contributed by atoms with Gasteiger partial charge in [-0.15, -0.1) is 0 Å². The number of benzene rings is 1. The lowest BCUT2D eigenvalue weighted by Gasteiger charge is -2.12. The highest BCUT2D eigenvalue weighted by molar-refractivity contribution is 7.80. The highest BCUT2D eigenvalue weighted by Crippen LogP contribution is 2.16. The van der Waals surface area contributed by atoms with Crippen LogP contribution in [0.3, 0.4) is 0 Å². The van der Waals surface area contributed by atoms with E-state index >= 15 is 0 Å². The Morgan fingerprint density at radius 3 is 2.80 bits per heavy atom. The highest BCUT2D eigenvalue weighted by Gasteiger charge is 2.20. The molecule has 7 heteroatoms. The van der Waals surface area contributed by atoms with Gasteiger partial charge in [-0.3, -0.25) is 0 Å². The Hall–Kier alpha value is -1.60. The standard InChI is InChI=1S/C13H17N3O2S2/c1-2-14-12(19)16-9-3-5-10(6-4-9)17-8-11-7-15-13(20)18-11/h3-6,11H,2,7-8H2,1H3,(H,15,20)(H2,14,16,19). The van der Waals surface area contributed by atoms with Crippen LogP contribution in [0.25, 0.3) is 0 Å². The van der Waals surface area contributed by atoms with Gasteiger partial charge in [0.05, 0.1) is 6.54 Å². The fraction of sp³-hybridized carbons (Fsp3) is 0.385. The molecule has 1 aliphatic rings. The molecule has 2 rings (SSSR count). The van der Waals surface area contributed by atoms with Crippen LogP contribution in [0.4, 0.5) is 5.69 Å². The van der Waals surface area contributed by atoms with Gasteiger partial charge < -0.3 is 25.4 Å². The summed E-state index contributed by atoms with van der Waals surface area (Å²) >= 11 is 10.0. The van der Waals surface area contributed by atoms with Crippen molar-refractivity contribution in [3.05, 3.63) is 24.3 Å². The van der Waals surface area contributed by atoms with Crippen LogP contribution in [0.15, 0.2) is 24.3 Å². The lowest BCUT2D eigenvalue weighted by atomic mass is 10.3. The third-order valence-electron chi connectivity index (χ3n) is 2.63. The average molecular weight is 311 g/mol. The molecule has 3 N–H and O–H groups in total. The third kappa shape index (κ3) is 4.50.